The van der Waals surface area contributed by atoms with Gasteiger partial charge in [0.1, 0.15) is 36.0 Å². The van der Waals surface area contributed by atoms with Crippen molar-refractivity contribution in [3.63, 3.8) is 0 Å². The molecule has 0 aliphatic carbocycles. The molecule has 0 fully saturated rings. The van der Waals surface area contributed by atoms with Gasteiger partial charge in [-0.1, -0.05) is 85.3 Å². The van der Waals surface area contributed by atoms with Crippen LogP contribution in [0.15, 0.2) is 116 Å². The van der Waals surface area contributed by atoms with E-state index < -0.39 is 71.7 Å². The summed E-state index contributed by atoms with van der Waals surface area (Å²) in [5, 5.41) is 25.3. The van der Waals surface area contributed by atoms with Crippen molar-refractivity contribution in [3.8, 4) is 5.75 Å². The number of carbonyl (C=O) groups excluding carboxylic acids is 6. The number of fused-ring (bicyclic) bond motifs is 2. The Morgan fingerprint density at radius 1 is 0.545 bits per heavy atom. The van der Waals surface area contributed by atoms with Crippen molar-refractivity contribution in [2.24, 2.45) is 17.2 Å². The second kappa shape index (κ2) is 22.9. The summed E-state index contributed by atoms with van der Waals surface area (Å²) in [6.07, 6.45) is 5.20. The molecule has 2 heterocycles. The molecule has 2 aromatic heterocycles. The van der Waals surface area contributed by atoms with Crippen molar-refractivity contribution >= 4 is 57.2 Å². The van der Waals surface area contributed by atoms with Gasteiger partial charge in [0.05, 0.1) is 6.04 Å². The highest BCUT2D eigenvalue weighted by Gasteiger charge is 2.33. The zero-order valence-corrected chi connectivity index (χ0v) is 36.7. The Hall–Kier alpha value is -7.50. The van der Waals surface area contributed by atoms with E-state index in [1.165, 1.54) is 19.1 Å². The van der Waals surface area contributed by atoms with Gasteiger partial charge in [-0.25, -0.2) is 0 Å². The lowest BCUT2D eigenvalue weighted by atomic mass is 10.0. The molecule has 0 bridgehead atoms. The van der Waals surface area contributed by atoms with Gasteiger partial charge in [-0.15, -0.1) is 0 Å². The van der Waals surface area contributed by atoms with Gasteiger partial charge >= 0.3 is 0 Å². The third-order valence-corrected chi connectivity index (χ3v) is 11.5. The normalized spacial score (nSPS) is 14.0. The Morgan fingerprint density at radius 3 is 1.56 bits per heavy atom. The first-order valence-electron chi connectivity index (χ1n) is 22.0. The van der Waals surface area contributed by atoms with Crippen molar-refractivity contribution < 1.29 is 33.9 Å². The van der Waals surface area contributed by atoms with E-state index >= 15 is 0 Å². The fraction of sp³-hybridized carbons (Fsp3) is 0.306. The maximum atomic E-state index is 14.4. The Bertz CT molecular complexity index is 2610. The third-order valence-electron chi connectivity index (χ3n) is 11.5. The molecule has 0 radical (unpaired) electrons. The van der Waals surface area contributed by atoms with Crippen LogP contribution in [0.25, 0.3) is 21.8 Å². The number of nitrogens with two attached hydrogens (primary N) is 3. The highest BCUT2D eigenvalue weighted by atomic mass is 16.3. The molecule has 6 amide bonds. The number of aromatic amines is 2. The number of phenols is 1. The van der Waals surface area contributed by atoms with E-state index in [4.69, 9.17) is 17.2 Å². The summed E-state index contributed by atoms with van der Waals surface area (Å²) in [6.45, 7) is 1.88. The van der Waals surface area contributed by atoms with Gasteiger partial charge in [0.25, 0.3) is 0 Å². The molecule has 6 rings (SSSR count). The summed E-state index contributed by atoms with van der Waals surface area (Å²) >= 11 is 0. The van der Waals surface area contributed by atoms with Gasteiger partial charge in [0, 0.05) is 59.9 Å². The Morgan fingerprint density at radius 2 is 1.00 bits per heavy atom. The molecule has 0 aliphatic rings. The van der Waals surface area contributed by atoms with Crippen LogP contribution in [-0.4, -0.2) is 93.3 Å². The SMILES string of the molecule is C[C@H](NC(=O)[C@@H](Cc1c[nH]c2ccccc12)NC(=O)[C@H](Cc1ccc(O)cc1)NC(=O)[C@H](N)CCCCN)C(=O)N[C@@H](Cc1c[nH]c2ccccc12)C(=O)N[C@H](Cc1ccccc1)C(N)=O. The number of hydrogen-bond acceptors (Lipinski definition) is 9. The maximum absolute atomic E-state index is 14.4. The van der Waals surface area contributed by atoms with Crippen LogP contribution in [0.1, 0.15) is 48.4 Å². The van der Waals surface area contributed by atoms with E-state index in [9.17, 15) is 33.9 Å². The molecule has 6 atom stereocenters. The van der Waals surface area contributed by atoms with Crippen LogP contribution in [0, 0.1) is 0 Å². The molecule has 0 saturated carbocycles. The van der Waals surface area contributed by atoms with E-state index in [-0.39, 0.29) is 31.4 Å². The average Bonchev–Trinajstić information content (AvgIpc) is 3.92. The second-order valence-electron chi connectivity index (χ2n) is 16.5. The summed E-state index contributed by atoms with van der Waals surface area (Å²) in [7, 11) is 0. The summed E-state index contributed by atoms with van der Waals surface area (Å²) < 4.78 is 0. The molecule has 6 aromatic rings. The van der Waals surface area contributed by atoms with Gasteiger partial charge in [-0.05, 0) is 72.8 Å². The lowest BCUT2D eigenvalue weighted by Gasteiger charge is -2.26. The number of primary amides is 1. The molecule has 66 heavy (non-hydrogen) atoms. The van der Waals surface area contributed by atoms with E-state index in [0.29, 0.717) is 42.5 Å². The first-order valence-corrected chi connectivity index (χ1v) is 22.0. The quantitative estimate of drug-likeness (QED) is 0.0419. The van der Waals surface area contributed by atoms with Gasteiger partial charge in [0.15, 0.2) is 0 Å². The number of aromatic hydroxyl groups is 1. The molecule has 4 aromatic carbocycles. The largest absolute Gasteiger partial charge is 0.508 e. The number of aromatic nitrogens is 2. The predicted octanol–water partition coefficient (Wildman–Crippen LogP) is 2.01. The van der Waals surface area contributed by atoms with Crippen molar-refractivity contribution in [2.45, 2.75) is 88.1 Å². The van der Waals surface area contributed by atoms with Crippen LogP contribution >= 0.6 is 0 Å². The topological polar surface area (TPSA) is 292 Å². The van der Waals surface area contributed by atoms with Crippen molar-refractivity contribution in [1.82, 2.24) is 36.6 Å². The van der Waals surface area contributed by atoms with Gasteiger partial charge in [0.2, 0.25) is 35.4 Å². The predicted molar refractivity (Wildman–Crippen MR) is 251 cm³/mol. The Kier molecular flexibility index (Phi) is 16.7. The van der Waals surface area contributed by atoms with Gasteiger partial charge < -0.3 is 58.9 Å². The molecule has 346 valence electrons. The smallest absolute Gasteiger partial charge is 0.243 e. The minimum Gasteiger partial charge on any atom is -0.508 e. The molecule has 17 nitrogen and oxygen atoms in total. The number of nitrogens with one attached hydrogen (secondary N) is 7. The monoisotopic (exact) mass is 898 g/mol. The van der Waals surface area contributed by atoms with E-state index in [2.05, 4.69) is 36.6 Å². The molecular formula is C49H58N10O7. The first-order chi connectivity index (χ1) is 31.8. The Balaban J connectivity index is 1.23. The van der Waals surface area contributed by atoms with Crippen LogP contribution in [0.2, 0.25) is 0 Å². The average molecular weight is 899 g/mol. The van der Waals surface area contributed by atoms with Gasteiger partial charge in [-0.3, -0.25) is 28.8 Å². The number of H-pyrrole nitrogens is 2. The van der Waals surface area contributed by atoms with E-state index in [0.717, 1.165) is 27.4 Å². The molecular weight excluding hydrogens is 841 g/mol. The lowest BCUT2D eigenvalue weighted by Crippen LogP contribution is -2.59. The minimum absolute atomic E-state index is 0.00452. The number of amides is 6. The van der Waals surface area contributed by atoms with Crippen molar-refractivity contribution in [3.05, 3.63) is 138 Å². The van der Waals surface area contributed by atoms with Crippen LogP contribution in [0.5, 0.6) is 5.75 Å². The third kappa shape index (κ3) is 13.0. The standard InChI is InChI=1S/C49H58N10O7/c1-29(45(62)57-43(26-33-28-54-39-17-8-6-14-36(33)39)49(66)56-40(44(52)61)23-30-11-3-2-4-12-30)55-47(64)42(25-32-27-53-38-16-7-5-13-35(32)38)59-48(65)41(24-31-18-20-34(60)21-19-31)58-46(63)37(51)15-9-10-22-50/h2-8,11-14,16-21,27-29,37,40-43,53-54,60H,9-10,15,22-26,50-51H2,1H3,(H2,52,61)(H,55,64)(H,56,66)(H,57,62)(H,58,63)(H,59,65)/t29-,37+,40+,41-,42+,43-/m0/s1. The lowest BCUT2D eigenvalue weighted by molar-refractivity contribution is -0.134. The van der Waals surface area contributed by atoms with Crippen LogP contribution in [0.3, 0.4) is 0 Å². The van der Waals surface area contributed by atoms with Crippen LogP contribution in [-0.2, 0) is 54.5 Å². The summed E-state index contributed by atoms with van der Waals surface area (Å²) in [6, 6.07) is 23.1. The molecule has 0 saturated heterocycles. The summed E-state index contributed by atoms with van der Waals surface area (Å²) in [5.41, 5.74) is 22.0. The highest BCUT2D eigenvalue weighted by molar-refractivity contribution is 5.97. The summed E-state index contributed by atoms with van der Waals surface area (Å²) in [4.78, 5) is 89.1. The molecule has 0 aliphatic heterocycles. The molecule has 0 unspecified atom stereocenters. The first kappa shape index (κ1) is 48.0. The van der Waals surface area contributed by atoms with Gasteiger partial charge in [-0.2, -0.15) is 0 Å². The fourth-order valence-electron chi connectivity index (χ4n) is 7.75. The number of phenolic OH excluding ortho intramolecular Hbond substituents is 1. The van der Waals surface area contributed by atoms with Crippen LogP contribution in [0.4, 0.5) is 0 Å². The molecule has 17 heteroatoms. The second-order valence-corrected chi connectivity index (χ2v) is 16.5. The van der Waals surface area contributed by atoms with E-state index in [1.807, 2.05) is 54.6 Å². The Labute approximate surface area is 382 Å². The maximum Gasteiger partial charge on any atom is 0.243 e. The fourth-order valence-corrected chi connectivity index (χ4v) is 7.75. The van der Waals surface area contributed by atoms with E-state index in [1.54, 1.807) is 48.8 Å². The number of carbonyl (C=O) groups is 6. The number of hydrogen-bond donors (Lipinski definition) is 11. The number of benzene rings is 4. The zero-order chi connectivity index (χ0) is 47.2. The van der Waals surface area contributed by atoms with Crippen LogP contribution < -0.4 is 43.8 Å². The number of unbranched alkanes of at least 4 members (excludes halogenated alkanes) is 1. The minimum atomic E-state index is -1.27. The number of rotatable bonds is 23. The zero-order valence-electron chi connectivity index (χ0n) is 36.7. The highest BCUT2D eigenvalue weighted by Crippen LogP contribution is 2.21. The number of para-hydroxylation sites is 2. The molecule has 0 spiro atoms. The van der Waals surface area contributed by atoms with Crippen molar-refractivity contribution in [1.29, 1.82) is 0 Å². The van der Waals surface area contributed by atoms with Crippen molar-refractivity contribution in [2.75, 3.05) is 6.54 Å². The molecule has 14 N–H and O–H groups in total. The summed E-state index contributed by atoms with van der Waals surface area (Å²) in [5.74, 6) is -4.12.